The summed E-state index contributed by atoms with van der Waals surface area (Å²) in [4.78, 5) is 12.8. The second-order valence-corrected chi connectivity index (χ2v) is 8.78. The van der Waals surface area contributed by atoms with Crippen LogP contribution in [0.5, 0.6) is 5.75 Å². The largest absolute Gasteiger partial charge is 0.471 e. The average Bonchev–Trinajstić information content (AvgIpc) is 3.40. The fourth-order valence-electron chi connectivity index (χ4n) is 3.48. The number of carbonyl (C=O) groups excluding carboxylic acids is 1. The third kappa shape index (κ3) is 5.83. The lowest BCUT2D eigenvalue weighted by atomic mass is 10.2. The van der Waals surface area contributed by atoms with E-state index in [0.29, 0.717) is 28.0 Å². The first-order valence-electron chi connectivity index (χ1n) is 10.6. The van der Waals surface area contributed by atoms with Crippen molar-refractivity contribution in [3.8, 4) is 5.75 Å². The standard InChI is InChI=1S/C24H20Cl2F3N5O2/c1-14-22(15(2)34(31-14)12-16-6-7-18(25)11-20(16)26)30-23(35)21-8-9-33(32-21)13-36-19-5-3-4-17(10-19)24(27,28)29/h3-11H,12-13H2,1-2H3,(H,30,35). The zero-order valence-corrected chi connectivity index (χ0v) is 20.6. The monoisotopic (exact) mass is 537 g/mol. The first kappa shape index (κ1) is 25.6. The van der Waals surface area contributed by atoms with Crippen molar-refractivity contribution in [2.24, 2.45) is 0 Å². The molecule has 0 spiro atoms. The van der Waals surface area contributed by atoms with Crippen molar-refractivity contribution in [3.63, 3.8) is 0 Å². The zero-order chi connectivity index (χ0) is 26.0. The van der Waals surface area contributed by atoms with Crippen LogP contribution in [0.15, 0.2) is 54.7 Å². The minimum absolute atomic E-state index is 0.0331. The van der Waals surface area contributed by atoms with E-state index < -0.39 is 17.6 Å². The van der Waals surface area contributed by atoms with Crippen molar-refractivity contribution in [2.75, 3.05) is 5.32 Å². The number of benzene rings is 2. The van der Waals surface area contributed by atoms with Gasteiger partial charge in [0, 0.05) is 16.2 Å². The molecular weight excluding hydrogens is 518 g/mol. The Hall–Kier alpha value is -3.50. The number of nitrogens with zero attached hydrogens (tertiary/aromatic N) is 4. The number of nitrogens with one attached hydrogen (secondary N) is 1. The molecule has 0 saturated heterocycles. The van der Waals surface area contributed by atoms with Crippen LogP contribution in [0.25, 0.3) is 0 Å². The Labute approximate surface area is 214 Å². The smallest absolute Gasteiger partial charge is 0.416 e. The molecule has 0 aliphatic rings. The second kappa shape index (κ2) is 10.2. The lowest BCUT2D eigenvalue weighted by molar-refractivity contribution is -0.137. The number of hydrogen-bond donors (Lipinski definition) is 1. The highest BCUT2D eigenvalue weighted by Gasteiger charge is 2.30. The Morgan fingerprint density at radius 3 is 2.58 bits per heavy atom. The molecule has 0 bridgehead atoms. The van der Waals surface area contributed by atoms with E-state index in [9.17, 15) is 18.0 Å². The Morgan fingerprint density at radius 1 is 1.08 bits per heavy atom. The Bertz CT molecular complexity index is 1420. The number of anilines is 1. The number of carbonyl (C=O) groups is 1. The van der Waals surface area contributed by atoms with Crippen molar-refractivity contribution < 1.29 is 22.7 Å². The molecule has 7 nitrogen and oxygen atoms in total. The summed E-state index contributed by atoms with van der Waals surface area (Å²) in [6.45, 7) is 3.80. The molecule has 0 unspecified atom stereocenters. The number of hydrogen-bond acceptors (Lipinski definition) is 4. The maximum absolute atomic E-state index is 12.9. The van der Waals surface area contributed by atoms with Crippen LogP contribution >= 0.6 is 23.2 Å². The predicted molar refractivity (Wildman–Crippen MR) is 130 cm³/mol. The normalized spacial score (nSPS) is 11.5. The Kier molecular flexibility index (Phi) is 7.28. The van der Waals surface area contributed by atoms with Gasteiger partial charge in [0.25, 0.3) is 5.91 Å². The second-order valence-electron chi connectivity index (χ2n) is 7.93. The first-order chi connectivity index (χ1) is 17.0. The Morgan fingerprint density at radius 2 is 1.86 bits per heavy atom. The molecular formula is C24H20Cl2F3N5O2. The summed E-state index contributed by atoms with van der Waals surface area (Å²) in [5.41, 5.74) is 1.99. The molecule has 4 rings (SSSR count). The van der Waals surface area contributed by atoms with E-state index in [0.717, 1.165) is 23.4 Å². The lowest BCUT2D eigenvalue weighted by Crippen LogP contribution is -2.15. The van der Waals surface area contributed by atoms with Crippen LogP contribution in [0.4, 0.5) is 18.9 Å². The molecule has 2 aromatic heterocycles. The van der Waals surface area contributed by atoms with Gasteiger partial charge in [-0.05, 0) is 55.8 Å². The molecule has 0 aliphatic carbocycles. The zero-order valence-electron chi connectivity index (χ0n) is 19.1. The van der Waals surface area contributed by atoms with Gasteiger partial charge in [0.15, 0.2) is 12.4 Å². The summed E-state index contributed by atoms with van der Waals surface area (Å²) in [5.74, 6) is -0.436. The molecule has 2 aromatic carbocycles. The van der Waals surface area contributed by atoms with Crippen LogP contribution in [0.1, 0.15) is 33.0 Å². The minimum atomic E-state index is -4.47. The van der Waals surface area contributed by atoms with E-state index in [-0.39, 0.29) is 18.2 Å². The summed E-state index contributed by atoms with van der Waals surface area (Å²) in [7, 11) is 0. The minimum Gasteiger partial charge on any atom is -0.471 e. The van der Waals surface area contributed by atoms with Crippen molar-refractivity contribution in [3.05, 3.63) is 93.0 Å². The molecule has 0 fully saturated rings. The van der Waals surface area contributed by atoms with Crippen LogP contribution < -0.4 is 10.1 Å². The summed E-state index contributed by atoms with van der Waals surface area (Å²) < 4.78 is 47.0. The quantitative estimate of drug-likeness (QED) is 0.297. The third-order valence-corrected chi connectivity index (χ3v) is 5.94. The number of aryl methyl sites for hydroxylation is 1. The number of halogens is 5. The van der Waals surface area contributed by atoms with Gasteiger partial charge in [0.05, 0.1) is 29.2 Å². The molecule has 1 N–H and O–H groups in total. The summed E-state index contributed by atoms with van der Waals surface area (Å²) in [6, 6.07) is 11.2. The van der Waals surface area contributed by atoms with Gasteiger partial charge in [0.2, 0.25) is 0 Å². The van der Waals surface area contributed by atoms with E-state index >= 15 is 0 Å². The average molecular weight is 538 g/mol. The third-order valence-electron chi connectivity index (χ3n) is 5.35. The molecule has 36 heavy (non-hydrogen) atoms. The van der Waals surface area contributed by atoms with E-state index in [1.807, 2.05) is 13.0 Å². The Balaban J connectivity index is 1.42. The molecule has 0 saturated carbocycles. The highest BCUT2D eigenvalue weighted by molar-refractivity contribution is 6.35. The van der Waals surface area contributed by atoms with Crippen molar-refractivity contribution in [2.45, 2.75) is 33.3 Å². The first-order valence-corrected chi connectivity index (χ1v) is 11.4. The van der Waals surface area contributed by atoms with E-state index in [1.165, 1.54) is 29.1 Å². The van der Waals surface area contributed by atoms with E-state index in [1.54, 1.807) is 23.7 Å². The summed E-state index contributed by atoms with van der Waals surface area (Å²) in [5, 5.41) is 12.5. The van der Waals surface area contributed by atoms with Gasteiger partial charge in [-0.15, -0.1) is 0 Å². The molecule has 12 heteroatoms. The number of amides is 1. The summed E-state index contributed by atoms with van der Waals surface area (Å²) in [6.07, 6.45) is -2.98. The highest BCUT2D eigenvalue weighted by Crippen LogP contribution is 2.31. The molecule has 4 aromatic rings. The molecule has 0 aliphatic heterocycles. The highest BCUT2D eigenvalue weighted by atomic mass is 35.5. The molecule has 0 atom stereocenters. The maximum Gasteiger partial charge on any atom is 0.416 e. The molecule has 2 heterocycles. The fraction of sp³-hybridized carbons (Fsp3) is 0.208. The van der Waals surface area contributed by atoms with Gasteiger partial charge in [-0.2, -0.15) is 23.4 Å². The number of alkyl halides is 3. The van der Waals surface area contributed by atoms with Gasteiger partial charge in [-0.25, -0.2) is 4.68 Å². The SMILES string of the molecule is Cc1nn(Cc2ccc(Cl)cc2Cl)c(C)c1NC(=O)c1ccn(COc2cccc(C(F)(F)F)c2)n1. The van der Waals surface area contributed by atoms with Crippen LogP contribution in [-0.2, 0) is 19.5 Å². The van der Waals surface area contributed by atoms with E-state index in [4.69, 9.17) is 27.9 Å². The summed E-state index contributed by atoms with van der Waals surface area (Å²) >= 11 is 12.2. The number of ether oxygens (including phenoxy) is 1. The van der Waals surface area contributed by atoms with Gasteiger partial charge >= 0.3 is 6.18 Å². The van der Waals surface area contributed by atoms with Gasteiger partial charge < -0.3 is 10.1 Å². The number of aromatic nitrogens is 4. The van der Waals surface area contributed by atoms with Gasteiger partial charge in [-0.1, -0.05) is 35.3 Å². The van der Waals surface area contributed by atoms with Gasteiger partial charge in [0.1, 0.15) is 5.75 Å². The van der Waals surface area contributed by atoms with Crippen molar-refractivity contribution in [1.82, 2.24) is 19.6 Å². The predicted octanol–water partition coefficient (Wildman–Crippen LogP) is 6.36. The van der Waals surface area contributed by atoms with E-state index in [2.05, 4.69) is 15.5 Å². The van der Waals surface area contributed by atoms with Crippen molar-refractivity contribution in [1.29, 1.82) is 0 Å². The molecule has 188 valence electrons. The molecule has 0 radical (unpaired) electrons. The van der Waals surface area contributed by atoms with Crippen LogP contribution in [0.3, 0.4) is 0 Å². The topological polar surface area (TPSA) is 74.0 Å². The maximum atomic E-state index is 12.9. The van der Waals surface area contributed by atoms with Gasteiger partial charge in [-0.3, -0.25) is 9.48 Å². The fourth-order valence-corrected chi connectivity index (χ4v) is 3.95. The lowest BCUT2D eigenvalue weighted by Gasteiger charge is -2.10. The van der Waals surface area contributed by atoms with Crippen LogP contribution in [0.2, 0.25) is 10.0 Å². The van der Waals surface area contributed by atoms with Crippen LogP contribution in [-0.4, -0.2) is 25.5 Å². The molecule has 1 amide bonds. The number of rotatable bonds is 7. The van der Waals surface area contributed by atoms with Crippen molar-refractivity contribution >= 4 is 34.8 Å². The van der Waals surface area contributed by atoms with Crippen LogP contribution in [0, 0.1) is 13.8 Å².